The van der Waals surface area contributed by atoms with Gasteiger partial charge in [-0.1, -0.05) is 37.3 Å². The Morgan fingerprint density at radius 2 is 1.94 bits per heavy atom. The summed E-state index contributed by atoms with van der Waals surface area (Å²) in [5, 5.41) is 10.4. The third kappa shape index (κ3) is 4.33. The zero-order chi connectivity index (χ0) is 11.9. The van der Waals surface area contributed by atoms with Gasteiger partial charge in [-0.25, -0.2) is 0 Å². The molecule has 0 aromatic heterocycles. The Kier molecular flexibility index (Phi) is 5.50. The average molecular weight is 222 g/mol. The first-order valence-electron chi connectivity index (χ1n) is 5.95. The highest BCUT2D eigenvalue weighted by molar-refractivity contribution is 5.16. The van der Waals surface area contributed by atoms with Crippen LogP contribution in [0, 0.1) is 0 Å². The van der Waals surface area contributed by atoms with Gasteiger partial charge in [0.2, 0.25) is 0 Å². The molecule has 0 heterocycles. The molecule has 0 saturated heterocycles. The van der Waals surface area contributed by atoms with E-state index in [1.807, 2.05) is 25.1 Å². The first-order chi connectivity index (χ1) is 7.70. The van der Waals surface area contributed by atoms with Crippen LogP contribution in [0.3, 0.4) is 0 Å². The zero-order valence-corrected chi connectivity index (χ0v) is 10.3. The van der Waals surface area contributed by atoms with E-state index in [4.69, 9.17) is 4.74 Å². The van der Waals surface area contributed by atoms with Crippen LogP contribution in [-0.4, -0.2) is 24.4 Å². The molecule has 2 nitrogen and oxygen atoms in total. The fourth-order valence-corrected chi connectivity index (χ4v) is 1.91. The second kappa shape index (κ2) is 6.66. The largest absolute Gasteiger partial charge is 0.390 e. The third-order valence-corrected chi connectivity index (χ3v) is 3.02. The van der Waals surface area contributed by atoms with Gasteiger partial charge in [0, 0.05) is 20.1 Å². The van der Waals surface area contributed by atoms with Crippen LogP contribution < -0.4 is 0 Å². The number of methoxy groups -OCH3 is 1. The monoisotopic (exact) mass is 222 g/mol. The molecule has 0 aliphatic heterocycles. The lowest BCUT2D eigenvalue weighted by Crippen LogP contribution is -2.30. The molecule has 1 N–H and O–H groups in total. The van der Waals surface area contributed by atoms with Gasteiger partial charge < -0.3 is 9.84 Å². The predicted octanol–water partition coefficient (Wildman–Crippen LogP) is 2.80. The van der Waals surface area contributed by atoms with Crippen molar-refractivity contribution in [3.05, 3.63) is 35.9 Å². The molecule has 0 aliphatic rings. The highest BCUT2D eigenvalue weighted by atomic mass is 16.5. The van der Waals surface area contributed by atoms with Gasteiger partial charge in [0.25, 0.3) is 0 Å². The molecule has 1 aromatic carbocycles. The molecule has 1 atom stereocenters. The highest BCUT2D eigenvalue weighted by Gasteiger charge is 2.24. The highest BCUT2D eigenvalue weighted by Crippen LogP contribution is 2.22. The number of benzene rings is 1. The van der Waals surface area contributed by atoms with E-state index in [2.05, 4.69) is 12.1 Å². The Labute approximate surface area is 98.3 Å². The third-order valence-electron chi connectivity index (χ3n) is 3.02. The number of hydrogen-bond acceptors (Lipinski definition) is 2. The predicted molar refractivity (Wildman–Crippen MR) is 66.5 cm³/mol. The molecule has 0 fully saturated rings. The quantitative estimate of drug-likeness (QED) is 0.719. The Balaban J connectivity index is 2.52. The maximum Gasteiger partial charge on any atom is 0.0686 e. The molecule has 2 heteroatoms. The standard InChI is InChI=1S/C14H22O2/c1-3-14(15,10-7-11-16-2)12-13-8-5-4-6-9-13/h4-6,8-9,15H,3,7,10-12H2,1-2H3. The summed E-state index contributed by atoms with van der Waals surface area (Å²) in [5.74, 6) is 0. The second-order valence-corrected chi connectivity index (χ2v) is 4.34. The van der Waals surface area contributed by atoms with E-state index >= 15 is 0 Å². The Morgan fingerprint density at radius 1 is 1.25 bits per heavy atom. The summed E-state index contributed by atoms with van der Waals surface area (Å²) in [6.07, 6.45) is 3.22. The summed E-state index contributed by atoms with van der Waals surface area (Å²) in [5.41, 5.74) is 0.615. The van der Waals surface area contributed by atoms with E-state index in [0.717, 1.165) is 32.3 Å². The minimum atomic E-state index is -0.583. The smallest absolute Gasteiger partial charge is 0.0686 e. The van der Waals surface area contributed by atoms with Gasteiger partial charge in [-0.3, -0.25) is 0 Å². The molecule has 1 aromatic rings. The maximum absolute atomic E-state index is 10.4. The molecule has 0 radical (unpaired) electrons. The molecule has 16 heavy (non-hydrogen) atoms. The van der Waals surface area contributed by atoms with Crippen LogP contribution in [0.2, 0.25) is 0 Å². The minimum absolute atomic E-state index is 0.583. The van der Waals surface area contributed by atoms with Crippen LogP contribution in [0.15, 0.2) is 30.3 Å². The van der Waals surface area contributed by atoms with Crippen molar-refractivity contribution in [2.75, 3.05) is 13.7 Å². The summed E-state index contributed by atoms with van der Waals surface area (Å²) in [7, 11) is 1.70. The van der Waals surface area contributed by atoms with Crippen molar-refractivity contribution in [2.24, 2.45) is 0 Å². The Bertz CT molecular complexity index is 284. The van der Waals surface area contributed by atoms with E-state index in [1.54, 1.807) is 7.11 Å². The van der Waals surface area contributed by atoms with E-state index < -0.39 is 5.60 Å². The molecular weight excluding hydrogens is 200 g/mol. The normalized spacial score (nSPS) is 14.7. The summed E-state index contributed by atoms with van der Waals surface area (Å²) in [6.45, 7) is 2.76. The maximum atomic E-state index is 10.4. The van der Waals surface area contributed by atoms with Crippen molar-refractivity contribution in [3.63, 3.8) is 0 Å². The number of ether oxygens (including phenoxy) is 1. The molecule has 90 valence electrons. The fourth-order valence-electron chi connectivity index (χ4n) is 1.91. The number of hydrogen-bond donors (Lipinski definition) is 1. The van der Waals surface area contributed by atoms with Crippen molar-refractivity contribution >= 4 is 0 Å². The first kappa shape index (κ1) is 13.2. The molecule has 0 bridgehead atoms. The molecular formula is C14H22O2. The fraction of sp³-hybridized carbons (Fsp3) is 0.571. The Hall–Kier alpha value is -0.860. The number of aliphatic hydroxyl groups is 1. The van der Waals surface area contributed by atoms with Crippen molar-refractivity contribution in [1.29, 1.82) is 0 Å². The summed E-state index contributed by atoms with van der Waals surface area (Å²) in [6, 6.07) is 10.2. The van der Waals surface area contributed by atoms with Gasteiger partial charge >= 0.3 is 0 Å². The first-order valence-corrected chi connectivity index (χ1v) is 5.95. The second-order valence-electron chi connectivity index (χ2n) is 4.34. The minimum Gasteiger partial charge on any atom is -0.390 e. The van der Waals surface area contributed by atoms with Crippen LogP contribution in [0.4, 0.5) is 0 Å². The van der Waals surface area contributed by atoms with Gasteiger partial charge in [-0.05, 0) is 24.8 Å². The van der Waals surface area contributed by atoms with Crippen LogP contribution in [0.1, 0.15) is 31.7 Å². The van der Waals surface area contributed by atoms with E-state index in [1.165, 1.54) is 5.56 Å². The van der Waals surface area contributed by atoms with Gasteiger partial charge in [-0.15, -0.1) is 0 Å². The summed E-state index contributed by atoms with van der Waals surface area (Å²) in [4.78, 5) is 0. The van der Waals surface area contributed by atoms with Crippen molar-refractivity contribution < 1.29 is 9.84 Å². The van der Waals surface area contributed by atoms with Gasteiger partial charge in [0.05, 0.1) is 5.60 Å². The van der Waals surface area contributed by atoms with Crippen molar-refractivity contribution in [2.45, 2.75) is 38.2 Å². The Morgan fingerprint density at radius 3 is 2.50 bits per heavy atom. The van der Waals surface area contributed by atoms with E-state index in [0.29, 0.717) is 0 Å². The van der Waals surface area contributed by atoms with Crippen LogP contribution in [-0.2, 0) is 11.2 Å². The van der Waals surface area contributed by atoms with Crippen molar-refractivity contribution in [3.8, 4) is 0 Å². The lowest BCUT2D eigenvalue weighted by Gasteiger charge is -2.27. The SMILES string of the molecule is CCC(O)(CCCOC)Cc1ccccc1. The zero-order valence-electron chi connectivity index (χ0n) is 10.3. The van der Waals surface area contributed by atoms with Crippen LogP contribution in [0.25, 0.3) is 0 Å². The lowest BCUT2D eigenvalue weighted by molar-refractivity contribution is 0.0192. The van der Waals surface area contributed by atoms with E-state index in [9.17, 15) is 5.11 Å². The molecule has 1 unspecified atom stereocenters. The van der Waals surface area contributed by atoms with Crippen LogP contribution in [0.5, 0.6) is 0 Å². The van der Waals surface area contributed by atoms with Gasteiger partial charge in [0.1, 0.15) is 0 Å². The van der Waals surface area contributed by atoms with Gasteiger partial charge in [-0.2, -0.15) is 0 Å². The molecule has 0 spiro atoms. The molecule has 1 rings (SSSR count). The molecule has 0 amide bonds. The topological polar surface area (TPSA) is 29.5 Å². The van der Waals surface area contributed by atoms with Crippen molar-refractivity contribution in [1.82, 2.24) is 0 Å². The summed E-state index contributed by atoms with van der Waals surface area (Å²) >= 11 is 0. The van der Waals surface area contributed by atoms with Crippen LogP contribution >= 0.6 is 0 Å². The lowest BCUT2D eigenvalue weighted by atomic mass is 9.88. The van der Waals surface area contributed by atoms with Gasteiger partial charge in [0.15, 0.2) is 0 Å². The molecule has 0 saturated carbocycles. The molecule has 0 aliphatic carbocycles. The number of rotatable bonds is 7. The van der Waals surface area contributed by atoms with E-state index in [-0.39, 0.29) is 0 Å². The average Bonchev–Trinajstić information content (AvgIpc) is 2.31. The summed E-state index contributed by atoms with van der Waals surface area (Å²) < 4.78 is 5.02.